The van der Waals surface area contributed by atoms with Crippen molar-refractivity contribution < 1.29 is 28.5 Å². The maximum absolute atomic E-state index is 12.3. The quantitative estimate of drug-likeness (QED) is 0.409. The van der Waals surface area contributed by atoms with Crippen molar-refractivity contribution in [2.24, 2.45) is 0 Å². The van der Waals surface area contributed by atoms with Crippen molar-refractivity contribution in [3.05, 3.63) is 35.5 Å². The second-order valence-corrected chi connectivity index (χ2v) is 6.83. The maximum Gasteiger partial charge on any atom is 0.355 e. The van der Waals surface area contributed by atoms with Crippen LogP contribution in [0.25, 0.3) is 0 Å². The molecule has 1 aliphatic rings. The van der Waals surface area contributed by atoms with Gasteiger partial charge in [0.05, 0.1) is 33.0 Å². The van der Waals surface area contributed by atoms with Gasteiger partial charge in [0.1, 0.15) is 18.2 Å². The summed E-state index contributed by atoms with van der Waals surface area (Å²) in [5, 5.41) is 0. The van der Waals surface area contributed by atoms with E-state index in [0.717, 1.165) is 12.2 Å². The van der Waals surface area contributed by atoms with Crippen LogP contribution in [0.15, 0.2) is 35.5 Å². The first kappa shape index (κ1) is 22.7. The number of nitrogens with zero attached hydrogens (tertiary/aromatic N) is 1. The highest BCUT2D eigenvalue weighted by Gasteiger charge is 2.32. The minimum Gasteiger partial charge on any atom is -0.494 e. The SMILES string of the molecule is CCCCCCCCOc1ccc(N2COCC(C(=O)OC)=C2C(=O)OC)cc1. The fraction of sp³-hybridized carbons (Fsp3) is 0.545. The molecule has 1 aromatic carbocycles. The normalized spacial score (nSPS) is 14.0. The molecule has 160 valence electrons. The van der Waals surface area contributed by atoms with E-state index in [-0.39, 0.29) is 24.6 Å². The van der Waals surface area contributed by atoms with Gasteiger partial charge in [-0.15, -0.1) is 0 Å². The topological polar surface area (TPSA) is 74.3 Å². The summed E-state index contributed by atoms with van der Waals surface area (Å²) in [4.78, 5) is 25.9. The highest BCUT2D eigenvalue weighted by atomic mass is 16.5. The third kappa shape index (κ3) is 6.49. The van der Waals surface area contributed by atoms with Crippen LogP contribution in [0.3, 0.4) is 0 Å². The Hall–Kier alpha value is -2.54. The van der Waals surface area contributed by atoms with Crippen molar-refractivity contribution in [1.82, 2.24) is 0 Å². The lowest BCUT2D eigenvalue weighted by atomic mass is 10.1. The molecule has 0 saturated carbocycles. The largest absolute Gasteiger partial charge is 0.494 e. The van der Waals surface area contributed by atoms with Crippen LogP contribution in [0.1, 0.15) is 45.4 Å². The lowest BCUT2D eigenvalue weighted by Gasteiger charge is -2.31. The molecule has 0 amide bonds. The summed E-state index contributed by atoms with van der Waals surface area (Å²) in [7, 11) is 2.54. The van der Waals surface area contributed by atoms with E-state index in [4.69, 9.17) is 18.9 Å². The van der Waals surface area contributed by atoms with E-state index >= 15 is 0 Å². The lowest BCUT2D eigenvalue weighted by Crippen LogP contribution is -2.38. The zero-order valence-electron chi connectivity index (χ0n) is 17.6. The summed E-state index contributed by atoms with van der Waals surface area (Å²) < 4.78 is 20.9. The van der Waals surface area contributed by atoms with E-state index in [9.17, 15) is 9.59 Å². The van der Waals surface area contributed by atoms with Crippen LogP contribution in [0.2, 0.25) is 0 Å². The molecule has 2 rings (SSSR count). The Bertz CT molecular complexity index is 698. The molecular formula is C22H31NO6. The molecule has 7 heteroatoms. The zero-order valence-corrected chi connectivity index (χ0v) is 17.6. The number of anilines is 1. The molecule has 0 spiro atoms. The van der Waals surface area contributed by atoms with Crippen molar-refractivity contribution in [1.29, 1.82) is 0 Å². The van der Waals surface area contributed by atoms with Crippen LogP contribution in [0.5, 0.6) is 5.75 Å². The number of carbonyl (C=O) groups is 2. The second-order valence-electron chi connectivity index (χ2n) is 6.83. The molecule has 0 saturated heterocycles. The summed E-state index contributed by atoms with van der Waals surface area (Å²) >= 11 is 0. The van der Waals surface area contributed by atoms with Crippen LogP contribution in [0, 0.1) is 0 Å². The van der Waals surface area contributed by atoms with Gasteiger partial charge in [-0.3, -0.25) is 0 Å². The highest BCUT2D eigenvalue weighted by Crippen LogP contribution is 2.28. The van der Waals surface area contributed by atoms with Gasteiger partial charge in [0.2, 0.25) is 0 Å². The van der Waals surface area contributed by atoms with E-state index in [0.29, 0.717) is 12.3 Å². The smallest absolute Gasteiger partial charge is 0.355 e. The molecule has 7 nitrogen and oxygen atoms in total. The van der Waals surface area contributed by atoms with E-state index in [1.165, 1.54) is 46.3 Å². The summed E-state index contributed by atoms with van der Waals surface area (Å²) in [5.74, 6) is -0.469. The van der Waals surface area contributed by atoms with Crippen LogP contribution in [0.4, 0.5) is 5.69 Å². The molecule has 1 heterocycles. The van der Waals surface area contributed by atoms with Crippen molar-refractivity contribution in [2.75, 3.05) is 39.1 Å². The number of benzene rings is 1. The van der Waals surface area contributed by atoms with Gasteiger partial charge in [-0.2, -0.15) is 0 Å². The Balaban J connectivity index is 2.02. The average Bonchev–Trinajstić information content (AvgIpc) is 2.77. The predicted octanol–water partition coefficient (Wildman–Crippen LogP) is 3.82. The Kier molecular flexibility index (Phi) is 9.50. The summed E-state index contributed by atoms with van der Waals surface area (Å²) in [6, 6.07) is 7.33. The molecule has 1 aliphatic heterocycles. The molecule has 0 bridgehead atoms. The number of rotatable bonds is 11. The number of methoxy groups -OCH3 is 2. The van der Waals surface area contributed by atoms with Crippen LogP contribution in [-0.4, -0.2) is 46.1 Å². The molecule has 0 N–H and O–H groups in total. The number of hydrogen-bond acceptors (Lipinski definition) is 7. The number of carbonyl (C=O) groups excluding carboxylic acids is 2. The van der Waals surface area contributed by atoms with E-state index in [1.807, 2.05) is 24.3 Å². The number of esters is 2. The van der Waals surface area contributed by atoms with Crippen molar-refractivity contribution >= 4 is 17.6 Å². The molecule has 1 aromatic rings. The summed E-state index contributed by atoms with van der Waals surface area (Å²) in [6.07, 6.45) is 7.28. The van der Waals surface area contributed by atoms with Gasteiger partial charge in [0, 0.05) is 5.69 Å². The molecule has 0 aliphatic carbocycles. The first-order chi connectivity index (χ1) is 14.1. The first-order valence-electron chi connectivity index (χ1n) is 10.1. The van der Waals surface area contributed by atoms with Gasteiger partial charge in [-0.05, 0) is 30.7 Å². The number of ether oxygens (including phenoxy) is 4. The fourth-order valence-electron chi connectivity index (χ4n) is 3.14. The van der Waals surface area contributed by atoms with Gasteiger partial charge in [-0.1, -0.05) is 39.0 Å². The van der Waals surface area contributed by atoms with Gasteiger partial charge in [-0.25, -0.2) is 9.59 Å². The lowest BCUT2D eigenvalue weighted by molar-refractivity contribution is -0.140. The standard InChI is InChI=1S/C22H31NO6/c1-4-5-6-7-8-9-14-29-18-12-10-17(11-13-18)23-16-28-15-19(21(24)26-2)20(23)22(25)27-3/h10-13H,4-9,14-16H2,1-3H3. The van der Waals surface area contributed by atoms with E-state index < -0.39 is 11.9 Å². The van der Waals surface area contributed by atoms with Crippen molar-refractivity contribution in [3.63, 3.8) is 0 Å². The predicted molar refractivity (Wildman–Crippen MR) is 110 cm³/mol. The molecule has 0 aromatic heterocycles. The Morgan fingerprint density at radius 1 is 0.966 bits per heavy atom. The summed E-state index contributed by atoms with van der Waals surface area (Å²) in [5.41, 5.74) is 0.957. The Morgan fingerprint density at radius 2 is 1.62 bits per heavy atom. The minimum absolute atomic E-state index is 0.00689. The Labute approximate surface area is 172 Å². The molecule has 0 fully saturated rings. The van der Waals surface area contributed by atoms with E-state index in [1.54, 1.807) is 4.90 Å². The monoisotopic (exact) mass is 405 g/mol. The molecule has 0 atom stereocenters. The van der Waals surface area contributed by atoms with E-state index in [2.05, 4.69) is 6.92 Å². The Morgan fingerprint density at radius 3 is 2.28 bits per heavy atom. The fourth-order valence-corrected chi connectivity index (χ4v) is 3.14. The third-order valence-corrected chi connectivity index (χ3v) is 4.75. The van der Waals surface area contributed by atoms with Gasteiger partial charge >= 0.3 is 11.9 Å². The highest BCUT2D eigenvalue weighted by molar-refractivity contribution is 6.03. The van der Waals surface area contributed by atoms with Crippen LogP contribution in [-0.2, 0) is 23.8 Å². The maximum atomic E-state index is 12.3. The summed E-state index contributed by atoms with van der Waals surface area (Å²) in [6.45, 7) is 3.01. The third-order valence-electron chi connectivity index (χ3n) is 4.75. The molecule has 29 heavy (non-hydrogen) atoms. The van der Waals surface area contributed by atoms with Crippen molar-refractivity contribution in [2.45, 2.75) is 45.4 Å². The van der Waals surface area contributed by atoms with Gasteiger partial charge in [0.25, 0.3) is 0 Å². The van der Waals surface area contributed by atoms with Gasteiger partial charge in [0.15, 0.2) is 0 Å². The van der Waals surface area contributed by atoms with Crippen LogP contribution < -0.4 is 9.64 Å². The molecular weight excluding hydrogens is 374 g/mol. The van der Waals surface area contributed by atoms with Gasteiger partial charge < -0.3 is 23.8 Å². The average molecular weight is 405 g/mol. The minimum atomic E-state index is -0.617. The number of hydrogen-bond donors (Lipinski definition) is 0. The first-order valence-corrected chi connectivity index (χ1v) is 10.1. The molecule has 0 unspecified atom stereocenters. The van der Waals surface area contributed by atoms with Crippen LogP contribution >= 0.6 is 0 Å². The number of unbranched alkanes of at least 4 members (excludes halogenated alkanes) is 5. The molecule has 0 radical (unpaired) electrons. The second kappa shape index (κ2) is 12.1. The van der Waals surface area contributed by atoms with Crippen molar-refractivity contribution in [3.8, 4) is 5.75 Å². The zero-order chi connectivity index (χ0) is 21.1.